The van der Waals surface area contributed by atoms with Crippen LogP contribution in [0.5, 0.6) is 0 Å². The lowest BCUT2D eigenvalue weighted by atomic mass is 10.1. The lowest BCUT2D eigenvalue weighted by Crippen LogP contribution is -2.27. The highest BCUT2D eigenvalue weighted by atomic mass is 16.1. The van der Waals surface area contributed by atoms with E-state index in [-0.39, 0.29) is 11.6 Å². The topological polar surface area (TPSA) is 104 Å². The largest absolute Gasteiger partial charge is 0.356 e. The van der Waals surface area contributed by atoms with Gasteiger partial charge >= 0.3 is 5.69 Å². The van der Waals surface area contributed by atoms with Gasteiger partial charge in [-0.05, 0) is 24.1 Å². The fourth-order valence-electron chi connectivity index (χ4n) is 1.80. The maximum atomic E-state index is 11.2. The Labute approximate surface area is 104 Å². The lowest BCUT2D eigenvalue weighted by molar-refractivity contribution is -0.120. The number of hydrogen-bond donors (Lipinski definition) is 4. The Morgan fingerprint density at radius 2 is 2.06 bits per heavy atom. The molecular formula is C12H16N4O2. The highest BCUT2D eigenvalue weighted by Gasteiger charge is 2.01. The molecular weight excluding hydrogens is 232 g/mol. The van der Waals surface area contributed by atoms with E-state index in [1.807, 2.05) is 18.2 Å². The van der Waals surface area contributed by atoms with Crippen molar-refractivity contribution in [3.05, 3.63) is 34.2 Å². The monoisotopic (exact) mass is 248 g/mol. The molecule has 1 aromatic heterocycles. The van der Waals surface area contributed by atoms with Crippen LogP contribution >= 0.6 is 0 Å². The van der Waals surface area contributed by atoms with Crippen molar-refractivity contribution in [3.8, 4) is 0 Å². The summed E-state index contributed by atoms with van der Waals surface area (Å²) in [5, 5.41) is 2.79. The summed E-state index contributed by atoms with van der Waals surface area (Å²) in [5.41, 5.74) is 7.70. The Kier molecular flexibility index (Phi) is 3.78. The normalized spacial score (nSPS) is 10.7. The molecule has 5 N–H and O–H groups in total. The van der Waals surface area contributed by atoms with Crippen molar-refractivity contribution in [1.82, 2.24) is 15.3 Å². The number of benzene rings is 1. The zero-order chi connectivity index (χ0) is 13.0. The first-order chi connectivity index (χ1) is 8.69. The molecule has 1 amide bonds. The number of aromatic nitrogens is 2. The minimum Gasteiger partial charge on any atom is -0.356 e. The fraction of sp³-hybridized carbons (Fsp3) is 0.333. The van der Waals surface area contributed by atoms with Crippen LogP contribution in [0.15, 0.2) is 23.0 Å². The molecule has 1 aromatic carbocycles. The second-order valence-electron chi connectivity index (χ2n) is 4.10. The van der Waals surface area contributed by atoms with E-state index in [0.29, 0.717) is 19.5 Å². The molecule has 6 heteroatoms. The first-order valence-corrected chi connectivity index (χ1v) is 5.87. The van der Waals surface area contributed by atoms with Crippen molar-refractivity contribution in [3.63, 3.8) is 0 Å². The van der Waals surface area contributed by atoms with Crippen LogP contribution < -0.4 is 16.7 Å². The van der Waals surface area contributed by atoms with Crippen LogP contribution in [0.3, 0.4) is 0 Å². The van der Waals surface area contributed by atoms with Gasteiger partial charge in [0.2, 0.25) is 5.91 Å². The van der Waals surface area contributed by atoms with E-state index in [2.05, 4.69) is 15.3 Å². The zero-order valence-corrected chi connectivity index (χ0v) is 9.95. The maximum Gasteiger partial charge on any atom is 0.323 e. The van der Waals surface area contributed by atoms with E-state index < -0.39 is 0 Å². The van der Waals surface area contributed by atoms with Gasteiger partial charge in [0.05, 0.1) is 11.0 Å². The molecule has 2 rings (SSSR count). The SMILES string of the molecule is NCCC(=O)NCCc1ccc2[nH]c(=O)[nH]c2c1. The summed E-state index contributed by atoms with van der Waals surface area (Å²) < 4.78 is 0. The maximum absolute atomic E-state index is 11.2. The summed E-state index contributed by atoms with van der Waals surface area (Å²) in [6.07, 6.45) is 1.07. The second kappa shape index (κ2) is 5.50. The van der Waals surface area contributed by atoms with Gasteiger partial charge in [-0.2, -0.15) is 0 Å². The van der Waals surface area contributed by atoms with Gasteiger partial charge in [-0.25, -0.2) is 4.79 Å². The Bertz CT molecular complexity index is 599. The van der Waals surface area contributed by atoms with Crippen LogP contribution in [-0.2, 0) is 11.2 Å². The molecule has 0 aliphatic carbocycles. The quantitative estimate of drug-likeness (QED) is 0.592. The van der Waals surface area contributed by atoms with E-state index in [1.54, 1.807) is 0 Å². The van der Waals surface area contributed by atoms with Gasteiger partial charge in [-0.3, -0.25) is 4.79 Å². The summed E-state index contributed by atoms with van der Waals surface area (Å²) in [6, 6.07) is 5.69. The number of carbonyl (C=O) groups is 1. The second-order valence-corrected chi connectivity index (χ2v) is 4.10. The summed E-state index contributed by atoms with van der Waals surface area (Å²) in [4.78, 5) is 27.7. The van der Waals surface area contributed by atoms with Gasteiger partial charge in [-0.15, -0.1) is 0 Å². The third-order valence-electron chi connectivity index (χ3n) is 2.69. The van der Waals surface area contributed by atoms with Gasteiger partial charge in [0, 0.05) is 19.5 Å². The number of aromatic amines is 2. The Hall–Kier alpha value is -2.08. The third-order valence-corrected chi connectivity index (χ3v) is 2.69. The van der Waals surface area contributed by atoms with Gasteiger partial charge < -0.3 is 21.0 Å². The number of nitrogens with one attached hydrogen (secondary N) is 3. The number of amides is 1. The van der Waals surface area contributed by atoms with E-state index in [1.165, 1.54) is 0 Å². The van der Waals surface area contributed by atoms with Gasteiger partial charge in [-0.1, -0.05) is 6.07 Å². The Morgan fingerprint density at radius 3 is 2.83 bits per heavy atom. The molecule has 0 aliphatic heterocycles. The van der Waals surface area contributed by atoms with E-state index >= 15 is 0 Å². The van der Waals surface area contributed by atoms with Crippen LogP contribution in [0.4, 0.5) is 0 Å². The summed E-state index contributed by atoms with van der Waals surface area (Å²) in [5.74, 6) is -0.0337. The molecule has 6 nitrogen and oxygen atoms in total. The average molecular weight is 248 g/mol. The van der Waals surface area contributed by atoms with Crippen LogP contribution in [0.2, 0.25) is 0 Å². The first-order valence-electron chi connectivity index (χ1n) is 5.87. The summed E-state index contributed by atoms with van der Waals surface area (Å²) in [7, 11) is 0. The number of fused-ring (bicyclic) bond motifs is 1. The van der Waals surface area contributed by atoms with Gasteiger partial charge in [0.25, 0.3) is 0 Å². The number of H-pyrrole nitrogens is 2. The zero-order valence-electron chi connectivity index (χ0n) is 9.95. The van der Waals surface area contributed by atoms with Crippen LogP contribution in [0.1, 0.15) is 12.0 Å². The first kappa shape index (κ1) is 12.4. The highest BCUT2D eigenvalue weighted by molar-refractivity contribution is 5.76. The number of carbonyl (C=O) groups excluding carboxylic acids is 1. The van der Waals surface area contributed by atoms with Crippen molar-refractivity contribution >= 4 is 16.9 Å². The molecule has 0 aliphatic rings. The molecule has 0 atom stereocenters. The predicted molar refractivity (Wildman–Crippen MR) is 69.3 cm³/mol. The number of hydrogen-bond acceptors (Lipinski definition) is 3. The van der Waals surface area contributed by atoms with Crippen molar-refractivity contribution in [2.24, 2.45) is 5.73 Å². The van der Waals surface area contributed by atoms with E-state index in [9.17, 15) is 9.59 Å². The average Bonchev–Trinajstić information content (AvgIpc) is 2.69. The van der Waals surface area contributed by atoms with Crippen molar-refractivity contribution in [1.29, 1.82) is 0 Å². The summed E-state index contributed by atoms with van der Waals surface area (Å²) in [6.45, 7) is 0.932. The molecule has 96 valence electrons. The Balaban J connectivity index is 1.95. The minimum absolute atomic E-state index is 0.0337. The molecule has 0 spiro atoms. The molecule has 0 bridgehead atoms. The van der Waals surface area contributed by atoms with Crippen LogP contribution in [0, 0.1) is 0 Å². The molecule has 1 heterocycles. The van der Waals surface area contributed by atoms with Crippen LogP contribution in [0.25, 0.3) is 11.0 Å². The predicted octanol–water partition coefficient (Wildman–Crippen LogP) is -0.136. The molecule has 0 fully saturated rings. The molecule has 0 radical (unpaired) electrons. The smallest absolute Gasteiger partial charge is 0.323 e. The van der Waals surface area contributed by atoms with Crippen molar-refractivity contribution in [2.75, 3.05) is 13.1 Å². The molecule has 2 aromatic rings. The number of nitrogens with two attached hydrogens (primary N) is 1. The lowest BCUT2D eigenvalue weighted by Gasteiger charge is -2.04. The molecule has 0 saturated carbocycles. The molecule has 0 saturated heterocycles. The van der Waals surface area contributed by atoms with Gasteiger partial charge in [0.1, 0.15) is 0 Å². The number of imidazole rings is 1. The minimum atomic E-state index is -0.210. The van der Waals surface area contributed by atoms with E-state index in [0.717, 1.165) is 23.0 Å². The number of rotatable bonds is 5. The third kappa shape index (κ3) is 2.98. The summed E-state index contributed by atoms with van der Waals surface area (Å²) >= 11 is 0. The van der Waals surface area contributed by atoms with Crippen molar-refractivity contribution in [2.45, 2.75) is 12.8 Å². The fourth-order valence-corrected chi connectivity index (χ4v) is 1.80. The van der Waals surface area contributed by atoms with Crippen molar-refractivity contribution < 1.29 is 4.79 Å². The van der Waals surface area contributed by atoms with Crippen LogP contribution in [-0.4, -0.2) is 29.0 Å². The molecule has 18 heavy (non-hydrogen) atoms. The molecule has 0 unspecified atom stereocenters. The standard InChI is InChI=1S/C12H16N4O2/c13-5-3-11(17)14-6-4-8-1-2-9-10(7-8)16-12(18)15-9/h1-2,7H,3-6,13H2,(H,14,17)(H2,15,16,18). The van der Waals surface area contributed by atoms with E-state index in [4.69, 9.17) is 5.73 Å². The highest BCUT2D eigenvalue weighted by Crippen LogP contribution is 2.10. The Morgan fingerprint density at radius 1 is 1.28 bits per heavy atom. The van der Waals surface area contributed by atoms with Gasteiger partial charge in [0.15, 0.2) is 0 Å².